The summed E-state index contributed by atoms with van der Waals surface area (Å²) in [5.74, 6) is 1.52. The molecule has 1 aliphatic carbocycles. The van der Waals surface area contributed by atoms with Gasteiger partial charge >= 0.3 is 0 Å². The van der Waals surface area contributed by atoms with E-state index in [1.807, 2.05) is 6.07 Å². The van der Waals surface area contributed by atoms with Crippen LogP contribution in [0.2, 0.25) is 0 Å². The Kier molecular flexibility index (Phi) is 5.34. The van der Waals surface area contributed by atoms with E-state index in [9.17, 15) is 4.79 Å². The number of ether oxygens (including phenoxy) is 1. The maximum atomic E-state index is 13.8. The van der Waals surface area contributed by atoms with Crippen LogP contribution in [0.15, 0.2) is 42.1 Å². The standard InChI is InChI=1S/C27H35N3O2/c1-32-14-13-28-12-9-19-15-21(7-8-25(19)28)27(31)30-11-4-5-20-16-22-17-23(26(20)30)18-29-10-3-2-6-24(22)29/h7-9,12,15-16,22-24,26H,2-6,10-11,13-14,17-18H2,1H3/t22-,23+,24-,26+/m0/s1. The molecule has 5 heteroatoms. The van der Waals surface area contributed by atoms with Gasteiger partial charge in [-0.2, -0.15) is 0 Å². The molecule has 2 bridgehead atoms. The molecule has 0 radical (unpaired) electrons. The molecule has 1 amide bonds. The summed E-state index contributed by atoms with van der Waals surface area (Å²) >= 11 is 0. The maximum absolute atomic E-state index is 13.8. The van der Waals surface area contributed by atoms with Crippen LogP contribution >= 0.6 is 0 Å². The normalized spacial score (nSPS) is 30.0. The number of benzene rings is 1. The largest absolute Gasteiger partial charge is 0.383 e. The highest BCUT2D eigenvalue weighted by atomic mass is 16.5. The fourth-order valence-electron chi connectivity index (χ4n) is 7.08. The second kappa shape index (κ2) is 8.35. The zero-order valence-corrected chi connectivity index (χ0v) is 19.2. The molecule has 4 atom stereocenters. The molecule has 3 saturated heterocycles. The van der Waals surface area contributed by atoms with E-state index in [2.05, 4.69) is 44.8 Å². The molecule has 3 aliphatic heterocycles. The van der Waals surface area contributed by atoms with Gasteiger partial charge in [0, 0.05) is 55.4 Å². The van der Waals surface area contributed by atoms with Gasteiger partial charge in [0.15, 0.2) is 0 Å². The molecule has 0 unspecified atom stereocenters. The lowest BCUT2D eigenvalue weighted by molar-refractivity contribution is 0.00148. The molecular weight excluding hydrogens is 398 g/mol. The lowest BCUT2D eigenvalue weighted by atomic mass is 9.68. The average molecular weight is 434 g/mol. The Bertz CT molecular complexity index is 1040. The van der Waals surface area contributed by atoms with Gasteiger partial charge in [-0.1, -0.05) is 18.1 Å². The Morgan fingerprint density at radius 3 is 3.00 bits per heavy atom. The van der Waals surface area contributed by atoms with Gasteiger partial charge in [0.25, 0.3) is 5.91 Å². The lowest BCUT2D eigenvalue weighted by Crippen LogP contribution is -2.60. The highest BCUT2D eigenvalue weighted by Gasteiger charge is 2.46. The van der Waals surface area contributed by atoms with E-state index in [1.54, 1.807) is 12.7 Å². The number of hydrogen-bond donors (Lipinski definition) is 0. The number of aromatic nitrogens is 1. The predicted molar refractivity (Wildman–Crippen MR) is 127 cm³/mol. The topological polar surface area (TPSA) is 37.7 Å². The zero-order chi connectivity index (χ0) is 21.7. The van der Waals surface area contributed by atoms with Crippen molar-refractivity contribution >= 4 is 16.8 Å². The molecular formula is C27H35N3O2. The third-order valence-electron chi connectivity index (χ3n) is 8.47. The summed E-state index contributed by atoms with van der Waals surface area (Å²) in [5.41, 5.74) is 3.56. The Balaban J connectivity index is 1.28. The van der Waals surface area contributed by atoms with Gasteiger partial charge in [-0.3, -0.25) is 9.69 Å². The number of rotatable bonds is 4. The highest BCUT2D eigenvalue weighted by molar-refractivity contribution is 5.98. The first kappa shape index (κ1) is 20.5. The molecule has 2 aromatic rings. The molecule has 3 fully saturated rings. The van der Waals surface area contributed by atoms with Crippen molar-refractivity contribution < 1.29 is 9.53 Å². The Morgan fingerprint density at radius 2 is 2.09 bits per heavy atom. The fourth-order valence-corrected chi connectivity index (χ4v) is 7.08. The maximum Gasteiger partial charge on any atom is 0.254 e. The van der Waals surface area contributed by atoms with E-state index >= 15 is 0 Å². The zero-order valence-electron chi connectivity index (χ0n) is 19.2. The van der Waals surface area contributed by atoms with Crippen LogP contribution in [0.3, 0.4) is 0 Å². The second-order valence-electron chi connectivity index (χ2n) is 10.3. The summed E-state index contributed by atoms with van der Waals surface area (Å²) in [6.07, 6.45) is 12.3. The third kappa shape index (κ3) is 3.41. The van der Waals surface area contributed by atoms with E-state index in [-0.39, 0.29) is 5.91 Å². The number of fused-ring (bicyclic) bond motifs is 7. The molecule has 4 heterocycles. The van der Waals surface area contributed by atoms with E-state index < -0.39 is 0 Å². The van der Waals surface area contributed by atoms with Crippen LogP contribution < -0.4 is 0 Å². The van der Waals surface area contributed by atoms with E-state index in [0.29, 0.717) is 24.5 Å². The molecule has 1 aromatic heterocycles. The van der Waals surface area contributed by atoms with Crippen molar-refractivity contribution in [2.75, 3.05) is 33.4 Å². The number of nitrogens with zero attached hydrogens (tertiary/aromatic N) is 3. The number of carbonyl (C=O) groups is 1. The first-order valence-electron chi connectivity index (χ1n) is 12.6. The molecule has 5 nitrogen and oxygen atoms in total. The van der Waals surface area contributed by atoms with Crippen LogP contribution in [-0.2, 0) is 11.3 Å². The van der Waals surface area contributed by atoms with E-state index in [0.717, 1.165) is 36.5 Å². The van der Waals surface area contributed by atoms with Crippen LogP contribution in [0.5, 0.6) is 0 Å². The third-order valence-corrected chi connectivity index (χ3v) is 8.47. The second-order valence-corrected chi connectivity index (χ2v) is 10.3. The minimum atomic E-state index is 0.214. The van der Waals surface area contributed by atoms with Gasteiger partial charge in [0.2, 0.25) is 0 Å². The minimum Gasteiger partial charge on any atom is -0.383 e. The molecule has 0 spiro atoms. The van der Waals surface area contributed by atoms with Gasteiger partial charge in [0.05, 0.1) is 12.6 Å². The van der Waals surface area contributed by atoms with Crippen molar-refractivity contribution in [3.63, 3.8) is 0 Å². The summed E-state index contributed by atoms with van der Waals surface area (Å²) in [4.78, 5) is 18.8. The Morgan fingerprint density at radius 1 is 1.16 bits per heavy atom. The molecule has 0 N–H and O–H groups in total. The van der Waals surface area contributed by atoms with Gasteiger partial charge in [-0.05, 0) is 74.8 Å². The van der Waals surface area contributed by atoms with Crippen LogP contribution in [0.25, 0.3) is 10.9 Å². The van der Waals surface area contributed by atoms with Crippen LogP contribution in [0, 0.1) is 11.8 Å². The van der Waals surface area contributed by atoms with Gasteiger partial charge < -0.3 is 14.2 Å². The fraction of sp³-hybridized carbons (Fsp3) is 0.593. The summed E-state index contributed by atoms with van der Waals surface area (Å²) in [7, 11) is 1.73. The number of carbonyl (C=O) groups excluding carboxylic acids is 1. The van der Waals surface area contributed by atoms with Crippen LogP contribution in [0.4, 0.5) is 0 Å². The van der Waals surface area contributed by atoms with Crippen molar-refractivity contribution in [3.8, 4) is 0 Å². The van der Waals surface area contributed by atoms with Crippen molar-refractivity contribution in [2.45, 2.75) is 57.2 Å². The van der Waals surface area contributed by atoms with Gasteiger partial charge in [-0.15, -0.1) is 0 Å². The molecule has 6 rings (SSSR count). The first-order chi connectivity index (χ1) is 15.7. The molecule has 170 valence electrons. The number of amides is 1. The number of piperidine rings is 3. The lowest BCUT2D eigenvalue weighted by Gasteiger charge is -2.54. The highest BCUT2D eigenvalue weighted by Crippen LogP contribution is 2.45. The first-order valence-corrected chi connectivity index (χ1v) is 12.6. The van der Waals surface area contributed by atoms with Crippen molar-refractivity contribution in [3.05, 3.63) is 47.7 Å². The van der Waals surface area contributed by atoms with Crippen molar-refractivity contribution in [1.82, 2.24) is 14.4 Å². The Hall–Kier alpha value is -2.11. The van der Waals surface area contributed by atoms with Gasteiger partial charge in [0.1, 0.15) is 0 Å². The smallest absolute Gasteiger partial charge is 0.254 e. The van der Waals surface area contributed by atoms with Crippen LogP contribution in [-0.4, -0.2) is 65.7 Å². The molecule has 0 saturated carbocycles. The summed E-state index contributed by atoms with van der Waals surface area (Å²) < 4.78 is 7.43. The molecule has 4 aliphatic rings. The number of likely N-dealkylation sites (tertiary alicyclic amines) is 1. The summed E-state index contributed by atoms with van der Waals surface area (Å²) in [5, 5.41) is 1.14. The monoisotopic (exact) mass is 433 g/mol. The number of methoxy groups -OCH3 is 1. The number of hydrogen-bond acceptors (Lipinski definition) is 3. The Labute approximate surface area is 191 Å². The van der Waals surface area contributed by atoms with E-state index in [1.165, 1.54) is 50.7 Å². The van der Waals surface area contributed by atoms with Crippen molar-refractivity contribution in [2.24, 2.45) is 11.8 Å². The van der Waals surface area contributed by atoms with Crippen LogP contribution in [0.1, 0.15) is 48.9 Å². The summed E-state index contributed by atoms with van der Waals surface area (Å²) in [6, 6.07) is 9.40. The van der Waals surface area contributed by atoms with E-state index in [4.69, 9.17) is 4.74 Å². The minimum absolute atomic E-state index is 0.214. The molecule has 32 heavy (non-hydrogen) atoms. The average Bonchev–Trinajstić information content (AvgIpc) is 3.24. The van der Waals surface area contributed by atoms with Crippen molar-refractivity contribution in [1.29, 1.82) is 0 Å². The summed E-state index contributed by atoms with van der Waals surface area (Å²) in [6.45, 7) is 4.83. The molecule has 1 aromatic carbocycles. The quantitative estimate of drug-likeness (QED) is 0.674. The van der Waals surface area contributed by atoms with Gasteiger partial charge in [-0.25, -0.2) is 0 Å². The SMILES string of the molecule is COCCn1ccc2cc(C(=O)N3CCCC4=C[C@H]5C[C@H](CN6CCCC[C@@H]56)[C@@H]43)ccc21. The predicted octanol–water partition coefficient (Wildman–Crippen LogP) is 4.32.